The maximum absolute atomic E-state index is 14.0. The van der Waals surface area contributed by atoms with E-state index in [1.54, 1.807) is 0 Å². The Morgan fingerprint density at radius 3 is 2.74 bits per heavy atom. The number of ether oxygens (including phenoxy) is 1. The molecule has 2 N–H and O–H groups in total. The summed E-state index contributed by atoms with van der Waals surface area (Å²) in [5.74, 6) is -1.07. The van der Waals surface area contributed by atoms with Crippen molar-refractivity contribution in [2.75, 3.05) is 12.8 Å². The van der Waals surface area contributed by atoms with Gasteiger partial charge in [-0.05, 0) is 28.1 Å². The van der Waals surface area contributed by atoms with Gasteiger partial charge >= 0.3 is 0 Å². The van der Waals surface area contributed by atoms with Crippen LogP contribution in [-0.2, 0) is 11.3 Å². The van der Waals surface area contributed by atoms with Crippen LogP contribution in [0.4, 0.5) is 14.6 Å². The van der Waals surface area contributed by atoms with E-state index in [2.05, 4.69) is 25.9 Å². The molecule has 0 saturated heterocycles. The van der Waals surface area contributed by atoms with Gasteiger partial charge in [0.1, 0.15) is 24.1 Å². The number of rotatable bonds is 3. The third kappa shape index (κ3) is 2.87. The first kappa shape index (κ1) is 13.8. The van der Waals surface area contributed by atoms with Crippen molar-refractivity contribution in [3.05, 3.63) is 40.1 Å². The molecule has 1 aromatic carbocycles. The molecule has 0 atom stereocenters. The second-order valence-electron chi connectivity index (χ2n) is 3.75. The number of hydrogen-bond acceptors (Lipinski definition) is 4. The lowest BCUT2D eigenvalue weighted by Crippen LogP contribution is -2.04. The van der Waals surface area contributed by atoms with Crippen molar-refractivity contribution in [3.63, 3.8) is 0 Å². The summed E-state index contributed by atoms with van der Waals surface area (Å²) in [7, 11) is 1.46. The van der Waals surface area contributed by atoms with Crippen molar-refractivity contribution in [1.82, 2.24) is 9.97 Å². The van der Waals surface area contributed by atoms with Gasteiger partial charge in [-0.25, -0.2) is 18.7 Å². The molecule has 0 fully saturated rings. The van der Waals surface area contributed by atoms with Gasteiger partial charge in [-0.3, -0.25) is 0 Å². The highest BCUT2D eigenvalue weighted by Crippen LogP contribution is 2.30. The van der Waals surface area contributed by atoms with E-state index in [0.717, 1.165) is 6.07 Å². The van der Waals surface area contributed by atoms with Gasteiger partial charge in [0.2, 0.25) is 0 Å². The summed E-state index contributed by atoms with van der Waals surface area (Å²) in [6, 6.07) is 3.75. The van der Waals surface area contributed by atoms with Gasteiger partial charge in [-0.2, -0.15) is 0 Å². The van der Waals surface area contributed by atoms with Crippen molar-refractivity contribution in [2.45, 2.75) is 6.61 Å². The second-order valence-corrected chi connectivity index (χ2v) is 4.60. The van der Waals surface area contributed by atoms with Crippen LogP contribution in [0, 0.1) is 11.6 Å². The summed E-state index contributed by atoms with van der Waals surface area (Å²) in [6.45, 7) is 0.106. The molecular formula is C12H10BrF2N3O. The number of benzene rings is 1. The van der Waals surface area contributed by atoms with Crippen LogP contribution in [0.3, 0.4) is 0 Å². The summed E-state index contributed by atoms with van der Waals surface area (Å²) < 4.78 is 32.8. The van der Waals surface area contributed by atoms with Crippen LogP contribution < -0.4 is 5.73 Å². The summed E-state index contributed by atoms with van der Waals surface area (Å²) in [5, 5.41) is 0. The molecule has 100 valence electrons. The van der Waals surface area contributed by atoms with Gasteiger partial charge in [0.05, 0.1) is 15.7 Å². The van der Waals surface area contributed by atoms with Crippen molar-refractivity contribution in [2.24, 2.45) is 0 Å². The molecule has 0 aliphatic rings. The Morgan fingerprint density at radius 1 is 1.32 bits per heavy atom. The molecule has 0 aliphatic heterocycles. The van der Waals surface area contributed by atoms with Crippen LogP contribution >= 0.6 is 15.9 Å². The highest BCUT2D eigenvalue weighted by Gasteiger charge is 2.17. The normalized spacial score (nSPS) is 10.7. The fourth-order valence-electron chi connectivity index (χ4n) is 1.60. The quantitative estimate of drug-likeness (QED) is 0.879. The zero-order valence-corrected chi connectivity index (χ0v) is 11.5. The van der Waals surface area contributed by atoms with E-state index < -0.39 is 11.6 Å². The molecule has 1 heterocycles. The number of nitrogens with two attached hydrogens (primary N) is 1. The van der Waals surface area contributed by atoms with Crippen LogP contribution in [0.15, 0.2) is 22.7 Å². The molecule has 0 aliphatic carbocycles. The molecule has 0 radical (unpaired) electrons. The SMILES string of the molecule is COCc1nc(N)cc(-c2c(F)ccc(Br)c2F)n1. The Balaban J connectivity index is 2.62. The number of nitrogens with zero attached hydrogens (tertiary/aromatic N) is 2. The topological polar surface area (TPSA) is 61.0 Å². The van der Waals surface area contributed by atoms with Gasteiger partial charge in [0.25, 0.3) is 0 Å². The first-order chi connectivity index (χ1) is 9.02. The van der Waals surface area contributed by atoms with Gasteiger partial charge in [0, 0.05) is 13.2 Å². The van der Waals surface area contributed by atoms with Crippen LogP contribution in [0.5, 0.6) is 0 Å². The molecular weight excluding hydrogens is 320 g/mol. The summed E-state index contributed by atoms with van der Waals surface area (Å²) >= 11 is 3.00. The minimum Gasteiger partial charge on any atom is -0.384 e. The maximum Gasteiger partial charge on any atom is 0.157 e. The van der Waals surface area contributed by atoms with E-state index in [4.69, 9.17) is 10.5 Å². The van der Waals surface area contributed by atoms with E-state index in [1.165, 1.54) is 19.2 Å². The summed E-state index contributed by atoms with van der Waals surface area (Å²) in [5.41, 5.74) is 5.43. The highest BCUT2D eigenvalue weighted by atomic mass is 79.9. The van der Waals surface area contributed by atoms with Crippen molar-refractivity contribution < 1.29 is 13.5 Å². The Kier molecular flexibility index (Phi) is 4.06. The molecule has 0 spiro atoms. The Labute approximate surface area is 116 Å². The molecule has 0 amide bonds. The van der Waals surface area contributed by atoms with E-state index in [-0.39, 0.29) is 34.0 Å². The lowest BCUT2D eigenvalue weighted by molar-refractivity contribution is 0.178. The molecule has 1 aromatic heterocycles. The largest absolute Gasteiger partial charge is 0.384 e. The molecule has 0 saturated carbocycles. The molecule has 19 heavy (non-hydrogen) atoms. The van der Waals surface area contributed by atoms with Crippen LogP contribution in [0.2, 0.25) is 0 Å². The summed E-state index contributed by atoms with van der Waals surface area (Å²) in [6.07, 6.45) is 0. The molecule has 0 unspecified atom stereocenters. The van der Waals surface area contributed by atoms with Gasteiger partial charge < -0.3 is 10.5 Å². The zero-order chi connectivity index (χ0) is 14.0. The molecule has 0 bridgehead atoms. The first-order valence-corrected chi connectivity index (χ1v) is 6.08. The Bertz CT molecular complexity index is 622. The van der Waals surface area contributed by atoms with Crippen molar-refractivity contribution in [1.29, 1.82) is 0 Å². The third-order valence-electron chi connectivity index (χ3n) is 2.37. The lowest BCUT2D eigenvalue weighted by Gasteiger charge is -2.08. The molecule has 2 rings (SSSR count). The lowest BCUT2D eigenvalue weighted by atomic mass is 10.1. The highest BCUT2D eigenvalue weighted by molar-refractivity contribution is 9.10. The molecule has 7 heteroatoms. The third-order valence-corrected chi connectivity index (χ3v) is 2.98. The van der Waals surface area contributed by atoms with Crippen LogP contribution in [0.25, 0.3) is 11.3 Å². The summed E-state index contributed by atoms with van der Waals surface area (Å²) in [4.78, 5) is 7.96. The maximum atomic E-state index is 14.0. The Morgan fingerprint density at radius 2 is 2.05 bits per heavy atom. The number of nitrogen functional groups attached to an aromatic ring is 1. The minimum atomic E-state index is -0.735. The standard InChI is InChI=1S/C12H10BrF2N3O/c1-19-5-10-17-8(4-9(16)18-10)11-7(14)3-2-6(13)12(11)15/h2-4H,5H2,1H3,(H2,16,17,18). The number of methoxy groups -OCH3 is 1. The number of halogens is 3. The fraction of sp³-hybridized carbons (Fsp3) is 0.167. The van der Waals surface area contributed by atoms with E-state index in [1.807, 2.05) is 0 Å². The smallest absolute Gasteiger partial charge is 0.157 e. The van der Waals surface area contributed by atoms with Gasteiger partial charge in [-0.1, -0.05) is 0 Å². The number of hydrogen-bond donors (Lipinski definition) is 1. The van der Waals surface area contributed by atoms with Crippen molar-refractivity contribution in [3.8, 4) is 11.3 Å². The Hall–Kier alpha value is -1.60. The van der Waals surface area contributed by atoms with E-state index >= 15 is 0 Å². The van der Waals surface area contributed by atoms with Gasteiger partial charge in [0.15, 0.2) is 5.82 Å². The van der Waals surface area contributed by atoms with E-state index in [0.29, 0.717) is 0 Å². The molecule has 2 aromatic rings. The molecule has 4 nitrogen and oxygen atoms in total. The first-order valence-electron chi connectivity index (χ1n) is 5.29. The van der Waals surface area contributed by atoms with Gasteiger partial charge in [-0.15, -0.1) is 0 Å². The number of aromatic nitrogens is 2. The van der Waals surface area contributed by atoms with Crippen molar-refractivity contribution >= 4 is 21.7 Å². The predicted octanol–water partition coefficient (Wildman–Crippen LogP) is 2.91. The second kappa shape index (κ2) is 5.58. The average molecular weight is 330 g/mol. The minimum absolute atomic E-state index is 0.0795. The van der Waals surface area contributed by atoms with E-state index in [9.17, 15) is 8.78 Å². The zero-order valence-electron chi connectivity index (χ0n) is 9.95. The fourth-order valence-corrected chi connectivity index (χ4v) is 1.93. The number of anilines is 1. The van der Waals surface area contributed by atoms with Crippen LogP contribution in [0.1, 0.15) is 5.82 Å². The predicted molar refractivity (Wildman–Crippen MR) is 70.2 cm³/mol. The van der Waals surface area contributed by atoms with Crippen LogP contribution in [-0.4, -0.2) is 17.1 Å². The monoisotopic (exact) mass is 329 g/mol. The average Bonchev–Trinajstić information content (AvgIpc) is 2.34.